The molecule has 0 atom stereocenters. The van der Waals surface area contributed by atoms with Gasteiger partial charge in [-0.3, -0.25) is 4.79 Å². The largest absolute Gasteiger partial charge is 0.366 e. The predicted molar refractivity (Wildman–Crippen MR) is 114 cm³/mol. The van der Waals surface area contributed by atoms with Crippen molar-refractivity contribution in [1.82, 2.24) is 15.6 Å². The number of aliphatic imine (C=N–C) groups is 1. The maximum atomic E-state index is 11.1. The van der Waals surface area contributed by atoms with Crippen LogP contribution in [0.2, 0.25) is 0 Å². The summed E-state index contributed by atoms with van der Waals surface area (Å²) in [6, 6.07) is 7.16. The molecule has 0 aliphatic rings. The monoisotopic (exact) mass is 473 g/mol. The van der Waals surface area contributed by atoms with Gasteiger partial charge in [0, 0.05) is 17.0 Å². The van der Waals surface area contributed by atoms with Crippen LogP contribution in [0.5, 0.6) is 0 Å². The lowest BCUT2D eigenvalue weighted by molar-refractivity contribution is 0.100. The van der Waals surface area contributed by atoms with E-state index < -0.39 is 5.91 Å². The van der Waals surface area contributed by atoms with Crippen LogP contribution in [0.25, 0.3) is 0 Å². The molecule has 0 aliphatic carbocycles. The van der Waals surface area contributed by atoms with Crippen LogP contribution >= 0.6 is 35.3 Å². The van der Waals surface area contributed by atoms with Gasteiger partial charge < -0.3 is 16.4 Å². The van der Waals surface area contributed by atoms with Gasteiger partial charge in [-0.25, -0.2) is 9.98 Å². The molecule has 0 bridgehead atoms. The summed E-state index contributed by atoms with van der Waals surface area (Å²) in [5, 5.41) is 7.55. The number of carbonyl (C=O) groups is 1. The first-order chi connectivity index (χ1) is 11.5. The molecule has 0 aliphatic heterocycles. The molecule has 1 aromatic heterocycles. The average molecular weight is 473 g/mol. The average Bonchev–Trinajstić information content (AvgIpc) is 2.88. The smallest absolute Gasteiger partial charge is 0.248 e. The van der Waals surface area contributed by atoms with E-state index in [0.29, 0.717) is 18.7 Å². The minimum atomic E-state index is -0.422. The number of amides is 1. The van der Waals surface area contributed by atoms with E-state index in [1.54, 1.807) is 23.5 Å². The lowest BCUT2D eigenvalue weighted by Crippen LogP contribution is -2.36. The number of hydrogen-bond acceptors (Lipinski definition) is 4. The van der Waals surface area contributed by atoms with E-state index in [-0.39, 0.29) is 24.0 Å². The Morgan fingerprint density at radius 3 is 2.44 bits per heavy atom. The SMILES string of the molecule is CCNC(=NCc1ccc(C(N)=O)cc1)NCc1nc(C)c(C)s1.I. The molecule has 2 aromatic rings. The summed E-state index contributed by atoms with van der Waals surface area (Å²) < 4.78 is 0. The van der Waals surface area contributed by atoms with Gasteiger partial charge in [-0.1, -0.05) is 12.1 Å². The fourth-order valence-electron chi connectivity index (χ4n) is 2.06. The maximum absolute atomic E-state index is 11.1. The molecular weight excluding hydrogens is 449 g/mol. The Morgan fingerprint density at radius 1 is 1.24 bits per heavy atom. The van der Waals surface area contributed by atoms with Crippen LogP contribution in [0, 0.1) is 13.8 Å². The van der Waals surface area contributed by atoms with Gasteiger partial charge in [0.1, 0.15) is 5.01 Å². The molecule has 0 unspecified atom stereocenters. The van der Waals surface area contributed by atoms with E-state index in [4.69, 9.17) is 5.73 Å². The quantitative estimate of drug-likeness (QED) is 0.342. The number of carbonyl (C=O) groups excluding carboxylic acids is 1. The third-order valence-electron chi connectivity index (χ3n) is 3.48. The van der Waals surface area contributed by atoms with Gasteiger partial charge in [-0.2, -0.15) is 0 Å². The summed E-state index contributed by atoms with van der Waals surface area (Å²) in [7, 11) is 0. The Morgan fingerprint density at radius 2 is 1.92 bits per heavy atom. The third-order valence-corrected chi connectivity index (χ3v) is 4.56. The minimum absolute atomic E-state index is 0. The van der Waals surface area contributed by atoms with Gasteiger partial charge in [0.2, 0.25) is 5.91 Å². The van der Waals surface area contributed by atoms with E-state index in [1.165, 1.54) is 4.88 Å². The number of halogens is 1. The molecular formula is C17H24IN5OS. The first kappa shape index (κ1) is 21.4. The molecule has 136 valence electrons. The summed E-state index contributed by atoms with van der Waals surface area (Å²) >= 11 is 1.69. The van der Waals surface area contributed by atoms with Crippen molar-refractivity contribution in [3.63, 3.8) is 0 Å². The molecule has 0 fully saturated rings. The van der Waals surface area contributed by atoms with E-state index in [9.17, 15) is 4.79 Å². The van der Waals surface area contributed by atoms with E-state index in [1.807, 2.05) is 26.0 Å². The topological polar surface area (TPSA) is 92.4 Å². The molecule has 4 N–H and O–H groups in total. The number of aryl methyl sites for hydroxylation is 2. The molecule has 0 radical (unpaired) electrons. The lowest BCUT2D eigenvalue weighted by atomic mass is 10.1. The summed E-state index contributed by atoms with van der Waals surface area (Å²) in [6.45, 7) is 8.06. The van der Waals surface area contributed by atoms with Crippen molar-refractivity contribution in [2.45, 2.75) is 33.9 Å². The van der Waals surface area contributed by atoms with Crippen molar-refractivity contribution < 1.29 is 4.79 Å². The molecule has 0 saturated carbocycles. The number of aromatic nitrogens is 1. The van der Waals surface area contributed by atoms with Gasteiger partial charge in [0.15, 0.2) is 5.96 Å². The van der Waals surface area contributed by atoms with Gasteiger partial charge >= 0.3 is 0 Å². The van der Waals surface area contributed by atoms with Gasteiger partial charge in [0.25, 0.3) is 0 Å². The van der Waals surface area contributed by atoms with Crippen molar-refractivity contribution in [3.8, 4) is 0 Å². The van der Waals surface area contributed by atoms with Crippen LogP contribution in [0.15, 0.2) is 29.3 Å². The highest BCUT2D eigenvalue weighted by molar-refractivity contribution is 14.0. The number of nitrogens with one attached hydrogen (secondary N) is 2. The van der Waals surface area contributed by atoms with Crippen LogP contribution in [0.3, 0.4) is 0 Å². The number of thiazole rings is 1. The molecule has 1 heterocycles. The molecule has 1 amide bonds. The summed E-state index contributed by atoms with van der Waals surface area (Å²) in [5.41, 5.74) is 7.83. The van der Waals surface area contributed by atoms with Gasteiger partial charge in [0.05, 0.1) is 18.8 Å². The number of benzene rings is 1. The number of nitrogens with zero attached hydrogens (tertiary/aromatic N) is 2. The fourth-order valence-corrected chi connectivity index (χ4v) is 2.93. The van der Waals surface area contributed by atoms with Gasteiger partial charge in [-0.15, -0.1) is 35.3 Å². The standard InChI is InChI=1S/C17H23N5OS.HI/c1-4-19-17(21-10-15-22-11(2)12(3)24-15)20-9-13-5-7-14(8-6-13)16(18)23;/h5-8H,4,9-10H2,1-3H3,(H2,18,23)(H2,19,20,21);1H. The summed E-state index contributed by atoms with van der Waals surface area (Å²) in [4.78, 5) is 21.4. The number of nitrogens with two attached hydrogens (primary N) is 1. The van der Waals surface area contributed by atoms with Crippen molar-refractivity contribution in [3.05, 3.63) is 51.0 Å². The highest BCUT2D eigenvalue weighted by atomic mass is 127. The van der Waals surface area contributed by atoms with E-state index >= 15 is 0 Å². The van der Waals surface area contributed by atoms with Crippen LogP contribution in [0.1, 0.15) is 38.4 Å². The lowest BCUT2D eigenvalue weighted by Gasteiger charge is -2.10. The highest BCUT2D eigenvalue weighted by Crippen LogP contribution is 2.15. The van der Waals surface area contributed by atoms with E-state index in [0.717, 1.165) is 28.8 Å². The zero-order valence-electron chi connectivity index (χ0n) is 14.6. The number of guanidine groups is 1. The Labute approximate surface area is 169 Å². The minimum Gasteiger partial charge on any atom is -0.366 e. The van der Waals surface area contributed by atoms with Crippen molar-refractivity contribution in [2.24, 2.45) is 10.7 Å². The molecule has 0 spiro atoms. The second kappa shape index (κ2) is 10.3. The van der Waals surface area contributed by atoms with Crippen LogP contribution < -0.4 is 16.4 Å². The third kappa shape index (κ3) is 6.62. The number of primary amides is 1. The van der Waals surface area contributed by atoms with Crippen LogP contribution in [-0.4, -0.2) is 23.4 Å². The maximum Gasteiger partial charge on any atom is 0.248 e. The highest BCUT2D eigenvalue weighted by Gasteiger charge is 2.05. The molecule has 2 rings (SSSR count). The van der Waals surface area contributed by atoms with Crippen molar-refractivity contribution in [2.75, 3.05) is 6.54 Å². The van der Waals surface area contributed by atoms with Crippen molar-refractivity contribution in [1.29, 1.82) is 0 Å². The zero-order valence-corrected chi connectivity index (χ0v) is 17.8. The Balaban J connectivity index is 0.00000312. The molecule has 6 nitrogen and oxygen atoms in total. The Kier molecular flexibility index (Phi) is 8.84. The Hall–Kier alpha value is -1.68. The first-order valence-corrected chi connectivity index (χ1v) is 8.65. The number of rotatable bonds is 6. The van der Waals surface area contributed by atoms with Crippen molar-refractivity contribution >= 4 is 47.2 Å². The normalized spacial score (nSPS) is 10.9. The van der Waals surface area contributed by atoms with E-state index in [2.05, 4.69) is 27.5 Å². The Bertz CT molecular complexity index is 708. The molecule has 1 aromatic carbocycles. The van der Waals surface area contributed by atoms with Crippen LogP contribution in [-0.2, 0) is 13.1 Å². The second-order valence-corrected chi connectivity index (χ2v) is 6.65. The van der Waals surface area contributed by atoms with Gasteiger partial charge in [-0.05, 0) is 38.5 Å². The van der Waals surface area contributed by atoms with Crippen LogP contribution in [0.4, 0.5) is 0 Å². The molecule has 0 saturated heterocycles. The first-order valence-electron chi connectivity index (χ1n) is 7.83. The predicted octanol–water partition coefficient (Wildman–Crippen LogP) is 2.73. The number of hydrogen-bond donors (Lipinski definition) is 3. The summed E-state index contributed by atoms with van der Waals surface area (Å²) in [5.74, 6) is 0.316. The zero-order chi connectivity index (χ0) is 17.5. The fraction of sp³-hybridized carbons (Fsp3) is 0.353. The summed E-state index contributed by atoms with van der Waals surface area (Å²) in [6.07, 6.45) is 0. The molecule has 8 heteroatoms. The second-order valence-electron chi connectivity index (χ2n) is 5.36. The molecule has 25 heavy (non-hydrogen) atoms.